The van der Waals surface area contributed by atoms with Crippen LogP contribution in [0.2, 0.25) is 0 Å². The molecule has 26 heavy (non-hydrogen) atoms. The van der Waals surface area contributed by atoms with Gasteiger partial charge in [0.15, 0.2) is 0 Å². The van der Waals surface area contributed by atoms with Gasteiger partial charge in [0, 0.05) is 23.9 Å². The van der Waals surface area contributed by atoms with Crippen molar-refractivity contribution in [2.75, 3.05) is 0 Å². The molecule has 0 atom stereocenters. The number of fused-ring (bicyclic) bond motifs is 3. The zero-order valence-electron chi connectivity index (χ0n) is 14.5. The minimum atomic E-state index is 0.869. The molecule has 2 aliphatic rings. The first kappa shape index (κ1) is 15.0. The number of pyridine rings is 1. The van der Waals surface area contributed by atoms with Crippen LogP contribution in [-0.4, -0.2) is 4.57 Å². The molecule has 1 heterocycles. The smallest absolute Gasteiger partial charge is 0.0575 e. The minimum absolute atomic E-state index is 0.869. The molecule has 0 saturated carbocycles. The van der Waals surface area contributed by atoms with E-state index in [4.69, 9.17) is 0 Å². The molecule has 0 N–H and O–H groups in total. The largest absolute Gasteiger partial charge is 0.343 e. The van der Waals surface area contributed by atoms with Crippen LogP contribution >= 0.6 is 0 Å². The van der Waals surface area contributed by atoms with E-state index >= 15 is 0 Å². The summed E-state index contributed by atoms with van der Waals surface area (Å²) in [5, 5.41) is 2.64. The lowest BCUT2D eigenvalue weighted by atomic mass is 10.0. The lowest BCUT2D eigenvalue weighted by Gasteiger charge is -2.16. The van der Waals surface area contributed by atoms with E-state index in [0.717, 1.165) is 6.54 Å². The van der Waals surface area contributed by atoms with Gasteiger partial charge in [0.05, 0.1) is 5.69 Å². The number of aromatic nitrogens is 1. The third kappa shape index (κ3) is 2.41. The van der Waals surface area contributed by atoms with Crippen LogP contribution in [0.15, 0.2) is 103 Å². The molecule has 0 saturated heterocycles. The highest BCUT2D eigenvalue weighted by Crippen LogP contribution is 2.44. The van der Waals surface area contributed by atoms with Crippen molar-refractivity contribution in [3.8, 4) is 22.4 Å². The van der Waals surface area contributed by atoms with Crippen LogP contribution in [0, 0.1) is 0 Å². The Balaban J connectivity index is 1.82. The Kier molecular flexibility index (Phi) is 3.57. The van der Waals surface area contributed by atoms with Gasteiger partial charge in [-0.3, -0.25) is 0 Å². The summed E-state index contributed by atoms with van der Waals surface area (Å²) in [6, 6.07) is 34.5. The van der Waals surface area contributed by atoms with Gasteiger partial charge in [0.1, 0.15) is 0 Å². The van der Waals surface area contributed by atoms with Gasteiger partial charge in [0.2, 0.25) is 0 Å². The first-order valence-corrected chi connectivity index (χ1v) is 9.01. The van der Waals surface area contributed by atoms with Crippen LogP contribution in [0.3, 0.4) is 0 Å². The van der Waals surface area contributed by atoms with E-state index in [1.807, 2.05) is 0 Å². The summed E-state index contributed by atoms with van der Waals surface area (Å²) in [6.07, 6.45) is 2.20. The molecule has 5 rings (SSSR count). The first-order valence-electron chi connectivity index (χ1n) is 9.01. The summed E-state index contributed by atoms with van der Waals surface area (Å²) in [6.45, 7) is 0.869. The molecule has 0 spiro atoms. The fraction of sp³-hybridized carbons (Fsp3) is 0.0400. The molecule has 0 bridgehead atoms. The third-order valence-electron chi connectivity index (χ3n) is 5.05. The van der Waals surface area contributed by atoms with E-state index in [1.165, 1.54) is 38.7 Å². The Labute approximate surface area is 153 Å². The van der Waals surface area contributed by atoms with Crippen LogP contribution in [0.4, 0.5) is 0 Å². The molecule has 0 unspecified atom stereocenters. The average Bonchev–Trinajstić information content (AvgIpc) is 3.05. The van der Waals surface area contributed by atoms with E-state index in [9.17, 15) is 0 Å². The number of hydrogen-bond donors (Lipinski definition) is 0. The highest BCUT2D eigenvalue weighted by atomic mass is 15.0. The first-order chi connectivity index (χ1) is 12.9. The fourth-order valence-electron chi connectivity index (χ4n) is 3.92. The van der Waals surface area contributed by atoms with E-state index < -0.39 is 0 Å². The van der Waals surface area contributed by atoms with Gasteiger partial charge >= 0.3 is 0 Å². The van der Waals surface area contributed by atoms with Crippen molar-refractivity contribution in [2.24, 2.45) is 0 Å². The molecular weight excluding hydrogens is 314 g/mol. The van der Waals surface area contributed by atoms with Gasteiger partial charge < -0.3 is 4.57 Å². The van der Waals surface area contributed by atoms with Gasteiger partial charge in [-0.2, -0.15) is 0 Å². The summed E-state index contributed by atoms with van der Waals surface area (Å²) in [4.78, 5) is 0. The second kappa shape index (κ2) is 6.20. The molecule has 1 nitrogen and oxygen atoms in total. The summed E-state index contributed by atoms with van der Waals surface area (Å²) in [5.41, 5.74) is 6.54. The fourth-order valence-corrected chi connectivity index (χ4v) is 3.92. The SMILES string of the molecule is c1ccc(Cn2cccc3c4ccccc4c(-c4ccccc4)c2-3)cc1. The topological polar surface area (TPSA) is 4.93 Å². The van der Waals surface area contributed by atoms with Crippen LogP contribution in [-0.2, 0) is 6.54 Å². The van der Waals surface area contributed by atoms with Crippen molar-refractivity contribution < 1.29 is 0 Å². The molecule has 0 amide bonds. The molecular formula is C25H19N. The Morgan fingerprint density at radius 3 is 2.00 bits per heavy atom. The summed E-state index contributed by atoms with van der Waals surface area (Å²) < 4.78 is 2.38. The van der Waals surface area contributed by atoms with Crippen molar-refractivity contribution in [2.45, 2.75) is 6.54 Å². The van der Waals surface area contributed by atoms with Crippen molar-refractivity contribution in [1.29, 1.82) is 0 Å². The second-order valence-corrected chi connectivity index (χ2v) is 6.67. The van der Waals surface area contributed by atoms with Gasteiger partial charge in [0.25, 0.3) is 0 Å². The summed E-state index contributed by atoms with van der Waals surface area (Å²) >= 11 is 0. The van der Waals surface area contributed by atoms with Crippen LogP contribution in [0.5, 0.6) is 0 Å². The van der Waals surface area contributed by atoms with E-state index in [1.54, 1.807) is 0 Å². The van der Waals surface area contributed by atoms with Gasteiger partial charge in [-0.1, -0.05) is 91.0 Å². The van der Waals surface area contributed by atoms with Crippen LogP contribution in [0.25, 0.3) is 33.2 Å². The second-order valence-electron chi connectivity index (χ2n) is 6.67. The predicted molar refractivity (Wildman–Crippen MR) is 110 cm³/mol. The maximum absolute atomic E-state index is 2.38. The van der Waals surface area contributed by atoms with Gasteiger partial charge in [-0.05, 0) is 28.0 Å². The molecule has 1 aliphatic heterocycles. The van der Waals surface area contributed by atoms with Crippen molar-refractivity contribution in [3.05, 3.63) is 109 Å². The Bertz CT molecular complexity index is 1140. The van der Waals surface area contributed by atoms with Gasteiger partial charge in [-0.25, -0.2) is 0 Å². The molecule has 1 heteroatoms. The zero-order chi connectivity index (χ0) is 17.3. The highest BCUT2D eigenvalue weighted by molar-refractivity contribution is 6.13. The molecule has 1 aliphatic carbocycles. The van der Waals surface area contributed by atoms with E-state index in [2.05, 4.69) is 108 Å². The molecule has 3 aromatic carbocycles. The molecule has 0 fully saturated rings. The predicted octanol–water partition coefficient (Wildman–Crippen LogP) is 6.46. The quantitative estimate of drug-likeness (QED) is 0.357. The highest BCUT2D eigenvalue weighted by Gasteiger charge is 2.21. The van der Waals surface area contributed by atoms with Crippen molar-refractivity contribution >= 4 is 10.8 Å². The zero-order valence-corrected chi connectivity index (χ0v) is 14.5. The molecule has 124 valence electrons. The standard InChI is InChI=1S/C25H19N/c1-3-10-19(11-4-1)18-26-17-9-16-23-21-14-7-8-15-22(21)24(25(23)26)20-12-5-2-6-13-20/h1-17H,18H2. The number of rotatable bonds is 3. The number of nitrogens with zero attached hydrogens (tertiary/aromatic N) is 1. The lowest BCUT2D eigenvalue weighted by Crippen LogP contribution is -2.04. The van der Waals surface area contributed by atoms with Crippen molar-refractivity contribution in [3.63, 3.8) is 0 Å². The lowest BCUT2D eigenvalue weighted by molar-refractivity contribution is 0.803. The van der Waals surface area contributed by atoms with E-state index in [0.29, 0.717) is 0 Å². The molecule has 3 aromatic rings. The third-order valence-corrected chi connectivity index (χ3v) is 5.05. The Hall–Kier alpha value is -3.32. The Morgan fingerprint density at radius 1 is 0.577 bits per heavy atom. The summed E-state index contributed by atoms with van der Waals surface area (Å²) in [5.74, 6) is 0. The molecule has 0 aromatic heterocycles. The molecule has 0 radical (unpaired) electrons. The van der Waals surface area contributed by atoms with Crippen molar-refractivity contribution in [1.82, 2.24) is 4.57 Å². The maximum Gasteiger partial charge on any atom is 0.0575 e. The minimum Gasteiger partial charge on any atom is -0.343 e. The normalized spacial score (nSPS) is 11.2. The monoisotopic (exact) mass is 333 g/mol. The maximum atomic E-state index is 2.38. The van der Waals surface area contributed by atoms with Gasteiger partial charge in [-0.15, -0.1) is 0 Å². The van der Waals surface area contributed by atoms with Crippen LogP contribution < -0.4 is 0 Å². The number of benzene rings is 3. The van der Waals surface area contributed by atoms with E-state index in [-0.39, 0.29) is 0 Å². The Morgan fingerprint density at radius 2 is 1.23 bits per heavy atom. The summed E-state index contributed by atoms with van der Waals surface area (Å²) in [7, 11) is 0. The van der Waals surface area contributed by atoms with Crippen LogP contribution in [0.1, 0.15) is 5.56 Å². The number of hydrogen-bond acceptors (Lipinski definition) is 0. The average molecular weight is 333 g/mol.